The lowest BCUT2D eigenvalue weighted by molar-refractivity contribution is -0.130. The van der Waals surface area contributed by atoms with E-state index in [1.165, 1.54) is 6.08 Å². The van der Waals surface area contributed by atoms with Crippen molar-refractivity contribution < 1.29 is 4.79 Å². The van der Waals surface area contributed by atoms with Crippen molar-refractivity contribution in [2.24, 2.45) is 7.05 Å². The fraction of sp³-hybridized carbons (Fsp3) is 0.486. The zero-order chi connectivity index (χ0) is 32.3. The number of hydrogen-bond donors (Lipinski definition) is 0. The van der Waals surface area contributed by atoms with E-state index >= 15 is 0 Å². The van der Waals surface area contributed by atoms with Gasteiger partial charge in [0, 0.05) is 97.5 Å². The van der Waals surface area contributed by atoms with Gasteiger partial charge in [0.05, 0.1) is 23.3 Å². The van der Waals surface area contributed by atoms with Gasteiger partial charge in [-0.05, 0) is 45.0 Å². The first-order valence-corrected chi connectivity index (χ1v) is 17.5. The van der Waals surface area contributed by atoms with Crippen LogP contribution in [0.1, 0.15) is 32.4 Å². The number of rotatable bonds is 6. The molecule has 2 aromatic heterocycles. The Hall–Kier alpha value is -3.67. The van der Waals surface area contributed by atoms with Crippen molar-refractivity contribution in [3.63, 3.8) is 0 Å². The van der Waals surface area contributed by atoms with Crippen LogP contribution in [0.3, 0.4) is 0 Å². The Balaban J connectivity index is 1.40. The van der Waals surface area contributed by atoms with Crippen molar-refractivity contribution in [2.45, 2.75) is 50.7 Å². The molecule has 0 bridgehead atoms. The van der Waals surface area contributed by atoms with E-state index in [4.69, 9.17) is 4.98 Å². The van der Waals surface area contributed by atoms with E-state index in [-0.39, 0.29) is 29.7 Å². The smallest absolute Gasteiger partial charge is 0.350 e. The molecule has 3 aliphatic rings. The zero-order valence-corrected chi connectivity index (χ0v) is 28.4. The first-order chi connectivity index (χ1) is 22.2. The highest BCUT2D eigenvalue weighted by Gasteiger charge is 2.36. The quantitative estimate of drug-likeness (QED) is 0.291. The molecular weight excluding hydrogens is 597 g/mol. The van der Waals surface area contributed by atoms with Crippen LogP contribution < -0.4 is 10.6 Å². The molecule has 1 amide bonds. The maximum Gasteiger partial charge on any atom is 0.350 e. The van der Waals surface area contributed by atoms with Gasteiger partial charge in [-0.1, -0.05) is 31.7 Å². The molecular formula is C35H44N8O2S. The number of likely N-dealkylation sites (N-methyl/N-ethyl adjacent to an activating group) is 1. The Kier molecular flexibility index (Phi) is 8.19. The van der Waals surface area contributed by atoms with Gasteiger partial charge in [0.15, 0.2) is 0 Å². The summed E-state index contributed by atoms with van der Waals surface area (Å²) in [5, 5.41) is 6.67. The SMILES string of the molecule is C=CC(=O)N1[C@H](C)CN(c2nc(=O)n3c4c(c(-c5cccc6cnn(C)c56)c(C)cc24)SC[C@@H]3CN2CCN(CC)CC2)C[C@@H]1C. The number of hydrogen-bond acceptors (Lipinski definition) is 8. The largest absolute Gasteiger partial charge is 0.352 e. The maximum atomic E-state index is 14.3. The third-order valence-corrected chi connectivity index (χ3v) is 11.4. The van der Waals surface area contributed by atoms with E-state index in [1.54, 1.807) is 0 Å². The molecule has 4 aromatic rings. The summed E-state index contributed by atoms with van der Waals surface area (Å²) < 4.78 is 3.96. The molecule has 242 valence electrons. The minimum absolute atomic E-state index is 0.0187. The number of para-hydroxylation sites is 1. The van der Waals surface area contributed by atoms with Gasteiger partial charge >= 0.3 is 5.69 Å². The molecule has 0 N–H and O–H groups in total. The number of amides is 1. The second-order valence-corrected chi connectivity index (χ2v) is 14.2. The van der Waals surface area contributed by atoms with Crippen molar-refractivity contribution in [3.05, 3.63) is 59.2 Å². The molecule has 10 nitrogen and oxygen atoms in total. The fourth-order valence-electron chi connectivity index (χ4n) is 7.99. The second kappa shape index (κ2) is 12.2. The molecule has 2 saturated heterocycles. The molecule has 3 atom stereocenters. The molecule has 46 heavy (non-hydrogen) atoms. The van der Waals surface area contributed by atoms with Crippen LogP contribution in [0.5, 0.6) is 0 Å². The Morgan fingerprint density at radius 3 is 2.50 bits per heavy atom. The summed E-state index contributed by atoms with van der Waals surface area (Å²) in [4.78, 5) is 42.1. The summed E-state index contributed by atoms with van der Waals surface area (Å²) in [5.41, 5.74) is 5.31. The summed E-state index contributed by atoms with van der Waals surface area (Å²) in [6.07, 6.45) is 3.31. The van der Waals surface area contributed by atoms with E-state index in [1.807, 2.05) is 39.2 Å². The minimum Gasteiger partial charge on any atom is -0.352 e. The van der Waals surface area contributed by atoms with Gasteiger partial charge in [-0.2, -0.15) is 10.1 Å². The molecule has 0 saturated carbocycles. The summed E-state index contributed by atoms with van der Waals surface area (Å²) >= 11 is 1.87. The molecule has 0 radical (unpaired) electrons. The second-order valence-electron chi connectivity index (χ2n) is 13.1. The standard InChI is InChI=1S/C35H44N8O2S/c1-7-29(44)42-23(4)18-41(19-24(42)5)34-28-16-22(3)30(27-11-9-10-25-17-36-38(6)31(25)27)33-32(28)43(35(45)37-34)26(21-46-33)20-40-14-12-39(8-2)13-15-40/h7,9-11,16-17,23-24,26H,1,8,12-15,18-21H2,2-6H3/t23-,24+,26-/m0/s1. The molecule has 2 fully saturated rings. The van der Waals surface area contributed by atoms with Gasteiger partial charge < -0.3 is 14.7 Å². The Morgan fingerprint density at radius 1 is 1.09 bits per heavy atom. The fourth-order valence-corrected chi connectivity index (χ4v) is 9.36. The number of fused-ring (bicyclic) bond motifs is 1. The highest BCUT2D eigenvalue weighted by atomic mass is 32.2. The van der Waals surface area contributed by atoms with Crippen LogP contribution in [0.15, 0.2) is 52.8 Å². The van der Waals surface area contributed by atoms with Gasteiger partial charge in [0.25, 0.3) is 0 Å². The Morgan fingerprint density at radius 2 is 1.80 bits per heavy atom. The first kappa shape index (κ1) is 31.0. The van der Waals surface area contributed by atoms with E-state index in [0.29, 0.717) is 18.9 Å². The van der Waals surface area contributed by atoms with Crippen LogP contribution in [0.2, 0.25) is 0 Å². The van der Waals surface area contributed by atoms with Crippen LogP contribution in [0.25, 0.3) is 32.9 Å². The predicted octanol–water partition coefficient (Wildman–Crippen LogP) is 4.15. The van der Waals surface area contributed by atoms with Crippen molar-refractivity contribution in [3.8, 4) is 11.1 Å². The molecule has 0 aliphatic carbocycles. The van der Waals surface area contributed by atoms with E-state index in [0.717, 1.165) is 88.4 Å². The molecule has 11 heteroatoms. The lowest BCUT2D eigenvalue weighted by Crippen LogP contribution is -2.58. The number of anilines is 1. The average Bonchev–Trinajstić information content (AvgIpc) is 3.43. The predicted molar refractivity (Wildman–Crippen MR) is 187 cm³/mol. The third-order valence-electron chi connectivity index (χ3n) is 10.2. The van der Waals surface area contributed by atoms with Crippen LogP contribution in [-0.2, 0) is 11.8 Å². The van der Waals surface area contributed by atoms with Gasteiger partial charge in [-0.15, -0.1) is 11.8 Å². The lowest BCUT2D eigenvalue weighted by Gasteiger charge is -2.45. The number of piperazine rings is 2. The summed E-state index contributed by atoms with van der Waals surface area (Å²) in [7, 11) is 1.99. The Bertz CT molecular complexity index is 1880. The topological polar surface area (TPSA) is 82.7 Å². The normalized spacial score (nSPS) is 22.6. The molecule has 0 unspecified atom stereocenters. The van der Waals surface area contributed by atoms with E-state index in [9.17, 15) is 9.59 Å². The van der Waals surface area contributed by atoms with Crippen molar-refractivity contribution in [2.75, 3.05) is 63.0 Å². The number of carbonyl (C=O) groups excluding carboxylic acids is 1. The van der Waals surface area contributed by atoms with Crippen LogP contribution in [0, 0.1) is 6.92 Å². The number of nitrogens with zero attached hydrogens (tertiary/aromatic N) is 8. The van der Waals surface area contributed by atoms with Gasteiger partial charge in [-0.25, -0.2) is 4.79 Å². The number of thioether (sulfide) groups is 1. The number of carbonyl (C=O) groups is 1. The van der Waals surface area contributed by atoms with E-state index in [2.05, 4.69) is 78.3 Å². The maximum absolute atomic E-state index is 14.3. The first-order valence-electron chi connectivity index (χ1n) is 16.5. The summed E-state index contributed by atoms with van der Waals surface area (Å²) in [5.74, 6) is 1.46. The molecule has 7 rings (SSSR count). The summed E-state index contributed by atoms with van der Waals surface area (Å²) in [6, 6.07) is 8.54. The highest BCUT2D eigenvalue weighted by Crippen LogP contribution is 2.47. The zero-order valence-electron chi connectivity index (χ0n) is 27.6. The Labute approximate surface area is 274 Å². The van der Waals surface area contributed by atoms with Crippen LogP contribution in [0.4, 0.5) is 5.82 Å². The molecule has 3 aliphatic heterocycles. The number of benzene rings is 2. The monoisotopic (exact) mass is 640 g/mol. The number of aromatic nitrogens is 4. The highest BCUT2D eigenvalue weighted by molar-refractivity contribution is 7.99. The minimum atomic E-state index is -0.195. The van der Waals surface area contributed by atoms with E-state index < -0.39 is 0 Å². The van der Waals surface area contributed by atoms with Crippen molar-refractivity contribution in [1.82, 2.24) is 34.0 Å². The molecule has 2 aromatic carbocycles. The van der Waals surface area contributed by atoms with Gasteiger partial charge in [0.2, 0.25) is 5.91 Å². The van der Waals surface area contributed by atoms with Crippen molar-refractivity contribution >= 4 is 45.3 Å². The van der Waals surface area contributed by atoms with Crippen molar-refractivity contribution in [1.29, 1.82) is 0 Å². The average molecular weight is 641 g/mol. The summed E-state index contributed by atoms with van der Waals surface area (Å²) in [6.45, 7) is 19.5. The van der Waals surface area contributed by atoms with Crippen LogP contribution >= 0.6 is 11.8 Å². The lowest BCUT2D eigenvalue weighted by atomic mass is 9.95. The molecule has 5 heterocycles. The third kappa shape index (κ3) is 5.12. The molecule has 0 spiro atoms. The van der Waals surface area contributed by atoms with Gasteiger partial charge in [-0.3, -0.25) is 18.9 Å². The van der Waals surface area contributed by atoms with Gasteiger partial charge in [0.1, 0.15) is 5.82 Å². The number of aryl methyl sites for hydroxylation is 2. The van der Waals surface area contributed by atoms with Crippen LogP contribution in [-0.4, -0.2) is 110 Å².